The molecule has 16 heavy (non-hydrogen) atoms. The van der Waals surface area contributed by atoms with Gasteiger partial charge >= 0.3 is 0 Å². The van der Waals surface area contributed by atoms with Gasteiger partial charge in [-0.15, -0.1) is 0 Å². The summed E-state index contributed by atoms with van der Waals surface area (Å²) in [6, 6.07) is 0. The molecule has 0 amide bonds. The van der Waals surface area contributed by atoms with Crippen LogP contribution in [0, 0.1) is 0 Å². The molecule has 0 aliphatic carbocycles. The first-order valence-electron chi connectivity index (χ1n) is 5.40. The van der Waals surface area contributed by atoms with E-state index in [1.54, 1.807) is 23.3 Å². The van der Waals surface area contributed by atoms with Gasteiger partial charge in [-0.25, -0.2) is 4.98 Å². The molecule has 0 bridgehead atoms. The molecule has 0 spiro atoms. The number of aliphatic hydroxyl groups is 1. The molecule has 0 saturated carbocycles. The van der Waals surface area contributed by atoms with Crippen molar-refractivity contribution < 1.29 is 5.11 Å². The molecule has 2 rings (SSSR count). The van der Waals surface area contributed by atoms with E-state index in [4.69, 9.17) is 0 Å². The van der Waals surface area contributed by atoms with Gasteiger partial charge in [0.2, 0.25) is 0 Å². The summed E-state index contributed by atoms with van der Waals surface area (Å²) in [5.41, 5.74) is 0.769. The number of nitrogens with zero attached hydrogens (tertiary/aromatic N) is 4. The Morgan fingerprint density at radius 3 is 2.94 bits per heavy atom. The molecular formula is C11H16N4O. The monoisotopic (exact) mass is 220 g/mol. The van der Waals surface area contributed by atoms with Crippen molar-refractivity contribution >= 4 is 0 Å². The van der Waals surface area contributed by atoms with E-state index < -0.39 is 6.10 Å². The van der Waals surface area contributed by atoms with Gasteiger partial charge in [0.1, 0.15) is 11.9 Å². The number of rotatable bonds is 4. The molecule has 5 heteroatoms. The van der Waals surface area contributed by atoms with Crippen molar-refractivity contribution in [1.82, 2.24) is 19.3 Å². The Kier molecular flexibility index (Phi) is 3.05. The van der Waals surface area contributed by atoms with Gasteiger partial charge in [0.05, 0.1) is 6.20 Å². The van der Waals surface area contributed by atoms with E-state index in [2.05, 4.69) is 17.0 Å². The first-order chi connectivity index (χ1) is 7.72. The lowest BCUT2D eigenvalue weighted by Crippen LogP contribution is -2.09. The molecule has 5 nitrogen and oxygen atoms in total. The lowest BCUT2D eigenvalue weighted by Gasteiger charge is -2.10. The second kappa shape index (κ2) is 4.49. The van der Waals surface area contributed by atoms with Crippen LogP contribution in [0.25, 0.3) is 0 Å². The van der Waals surface area contributed by atoms with Crippen LogP contribution in [0.1, 0.15) is 30.8 Å². The maximum Gasteiger partial charge on any atom is 0.142 e. The summed E-state index contributed by atoms with van der Waals surface area (Å²) < 4.78 is 3.64. The molecular weight excluding hydrogens is 204 g/mol. The third-order valence-electron chi connectivity index (χ3n) is 2.50. The van der Waals surface area contributed by atoms with Crippen LogP contribution in [-0.4, -0.2) is 24.4 Å². The fourth-order valence-electron chi connectivity index (χ4n) is 1.73. The van der Waals surface area contributed by atoms with Crippen molar-refractivity contribution in [2.24, 2.45) is 7.05 Å². The molecule has 0 saturated heterocycles. The van der Waals surface area contributed by atoms with Crippen LogP contribution in [-0.2, 0) is 13.6 Å². The van der Waals surface area contributed by atoms with Crippen LogP contribution in [0.3, 0.4) is 0 Å². The Hall–Kier alpha value is -1.62. The second-order valence-electron chi connectivity index (χ2n) is 3.83. The minimum Gasteiger partial charge on any atom is -0.380 e. The van der Waals surface area contributed by atoms with Crippen LogP contribution in [0.5, 0.6) is 0 Å². The lowest BCUT2D eigenvalue weighted by atomic mass is 10.2. The summed E-state index contributed by atoms with van der Waals surface area (Å²) >= 11 is 0. The molecule has 0 aliphatic heterocycles. The minimum absolute atomic E-state index is 0.676. The topological polar surface area (TPSA) is 55.9 Å². The molecule has 86 valence electrons. The predicted octanol–water partition coefficient (Wildman–Crippen LogP) is 1.11. The third-order valence-corrected chi connectivity index (χ3v) is 2.50. The Balaban J connectivity index is 2.26. The van der Waals surface area contributed by atoms with Crippen molar-refractivity contribution in [3.8, 4) is 0 Å². The first kappa shape index (κ1) is 10.9. The highest BCUT2D eigenvalue weighted by molar-refractivity contribution is 5.17. The number of hydrogen-bond acceptors (Lipinski definition) is 3. The average molecular weight is 220 g/mol. The number of hydrogen-bond donors (Lipinski definition) is 1. The number of imidazole rings is 1. The highest BCUT2D eigenvalue weighted by Gasteiger charge is 2.17. The summed E-state index contributed by atoms with van der Waals surface area (Å²) in [6.07, 6.45) is 7.38. The van der Waals surface area contributed by atoms with Crippen molar-refractivity contribution in [1.29, 1.82) is 0 Å². The number of aromatic nitrogens is 4. The van der Waals surface area contributed by atoms with Crippen molar-refractivity contribution in [2.75, 3.05) is 0 Å². The second-order valence-corrected chi connectivity index (χ2v) is 3.83. The van der Waals surface area contributed by atoms with Crippen LogP contribution in [0.15, 0.2) is 24.8 Å². The van der Waals surface area contributed by atoms with Gasteiger partial charge in [-0.2, -0.15) is 5.10 Å². The van der Waals surface area contributed by atoms with Gasteiger partial charge in [-0.05, 0) is 6.42 Å². The SMILES string of the molecule is CCCn1ccnc1C(O)c1cnn(C)c1. The van der Waals surface area contributed by atoms with Crippen molar-refractivity contribution in [2.45, 2.75) is 26.0 Å². The molecule has 0 aliphatic rings. The quantitative estimate of drug-likeness (QED) is 0.839. The maximum absolute atomic E-state index is 10.2. The molecule has 2 heterocycles. The van der Waals surface area contributed by atoms with Crippen LogP contribution >= 0.6 is 0 Å². The molecule has 2 aromatic rings. The molecule has 0 aromatic carbocycles. The van der Waals surface area contributed by atoms with E-state index in [1.807, 2.05) is 17.8 Å². The Bertz CT molecular complexity index is 460. The highest BCUT2D eigenvalue weighted by Crippen LogP contribution is 2.19. The fraction of sp³-hybridized carbons (Fsp3) is 0.455. The standard InChI is InChI=1S/C11H16N4O/c1-3-5-15-6-4-12-11(15)10(16)9-7-13-14(2)8-9/h4,6-8,10,16H,3,5H2,1-2H3. The molecule has 1 N–H and O–H groups in total. The zero-order valence-corrected chi connectivity index (χ0v) is 9.54. The summed E-state index contributed by atoms with van der Waals surface area (Å²) in [7, 11) is 1.83. The van der Waals surface area contributed by atoms with E-state index in [1.165, 1.54) is 0 Å². The van der Waals surface area contributed by atoms with E-state index in [9.17, 15) is 5.11 Å². The molecule has 0 radical (unpaired) electrons. The number of aryl methyl sites for hydroxylation is 2. The Morgan fingerprint density at radius 1 is 1.50 bits per heavy atom. The summed E-state index contributed by atoms with van der Waals surface area (Å²) in [4.78, 5) is 4.20. The van der Waals surface area contributed by atoms with Crippen LogP contribution in [0.4, 0.5) is 0 Å². The van der Waals surface area contributed by atoms with Gasteiger partial charge in [-0.1, -0.05) is 6.92 Å². The summed E-state index contributed by atoms with van der Waals surface area (Å²) in [5, 5.41) is 14.2. The zero-order valence-electron chi connectivity index (χ0n) is 9.54. The molecule has 1 unspecified atom stereocenters. The smallest absolute Gasteiger partial charge is 0.142 e. The molecule has 0 fully saturated rings. The summed E-state index contributed by atoms with van der Waals surface area (Å²) in [5.74, 6) is 0.676. The van der Waals surface area contributed by atoms with Gasteiger partial charge in [0, 0.05) is 37.7 Å². The van der Waals surface area contributed by atoms with Crippen LogP contribution in [0.2, 0.25) is 0 Å². The minimum atomic E-state index is -0.699. The van der Waals surface area contributed by atoms with E-state index in [0.717, 1.165) is 18.5 Å². The molecule has 1 atom stereocenters. The predicted molar refractivity (Wildman–Crippen MR) is 59.8 cm³/mol. The average Bonchev–Trinajstić information content (AvgIpc) is 2.87. The fourth-order valence-corrected chi connectivity index (χ4v) is 1.73. The van der Waals surface area contributed by atoms with E-state index >= 15 is 0 Å². The number of aliphatic hydroxyl groups excluding tert-OH is 1. The normalized spacial score (nSPS) is 12.9. The maximum atomic E-state index is 10.2. The van der Waals surface area contributed by atoms with Crippen molar-refractivity contribution in [3.05, 3.63) is 36.2 Å². The van der Waals surface area contributed by atoms with E-state index in [-0.39, 0.29) is 0 Å². The van der Waals surface area contributed by atoms with Crippen molar-refractivity contribution in [3.63, 3.8) is 0 Å². The van der Waals surface area contributed by atoms with Gasteiger partial charge < -0.3 is 9.67 Å². The Labute approximate surface area is 94.4 Å². The zero-order chi connectivity index (χ0) is 11.5. The van der Waals surface area contributed by atoms with Gasteiger partial charge in [-0.3, -0.25) is 4.68 Å². The van der Waals surface area contributed by atoms with Gasteiger partial charge in [0.25, 0.3) is 0 Å². The van der Waals surface area contributed by atoms with Crippen LogP contribution < -0.4 is 0 Å². The first-order valence-corrected chi connectivity index (χ1v) is 5.40. The van der Waals surface area contributed by atoms with E-state index in [0.29, 0.717) is 5.82 Å². The van der Waals surface area contributed by atoms with Gasteiger partial charge in [0.15, 0.2) is 0 Å². The summed E-state index contributed by atoms with van der Waals surface area (Å²) in [6.45, 7) is 2.97. The lowest BCUT2D eigenvalue weighted by molar-refractivity contribution is 0.204. The largest absolute Gasteiger partial charge is 0.380 e. The highest BCUT2D eigenvalue weighted by atomic mass is 16.3. The third kappa shape index (κ3) is 1.99. The Morgan fingerprint density at radius 2 is 2.31 bits per heavy atom. The molecule has 2 aromatic heterocycles.